The molecule has 120 valence electrons. The van der Waals surface area contributed by atoms with Crippen molar-refractivity contribution in [3.8, 4) is 0 Å². The first-order valence-corrected chi connectivity index (χ1v) is 8.24. The van der Waals surface area contributed by atoms with Gasteiger partial charge in [0, 0.05) is 26.2 Å². The molecule has 3 N–H and O–H groups in total. The Bertz CT molecular complexity index is 404. The predicted octanol–water partition coefficient (Wildman–Crippen LogP) is -0.688. The van der Waals surface area contributed by atoms with Crippen LogP contribution in [0.5, 0.6) is 0 Å². The number of carbonyl (C=O) groups is 1. The van der Waals surface area contributed by atoms with Crippen molar-refractivity contribution in [3.05, 3.63) is 0 Å². The van der Waals surface area contributed by atoms with E-state index in [0.29, 0.717) is 6.54 Å². The number of sulfonamides is 1. The van der Waals surface area contributed by atoms with Crippen molar-refractivity contribution in [2.24, 2.45) is 5.73 Å². The number of nitrogens with one attached hydrogen (secondary N) is 1. The van der Waals surface area contributed by atoms with Crippen molar-refractivity contribution >= 4 is 28.3 Å². The molecule has 2 unspecified atom stereocenters. The van der Waals surface area contributed by atoms with Gasteiger partial charge in [0.1, 0.15) is 6.04 Å². The zero-order chi connectivity index (χ0) is 14.5. The largest absolute Gasteiger partial charge is 0.383 e. The van der Waals surface area contributed by atoms with Crippen LogP contribution in [-0.4, -0.2) is 64.4 Å². The van der Waals surface area contributed by atoms with Crippen molar-refractivity contribution in [2.45, 2.75) is 31.3 Å². The zero-order valence-electron chi connectivity index (χ0n) is 11.9. The number of ether oxygens (including phenoxy) is 1. The number of piperidine rings is 1. The van der Waals surface area contributed by atoms with E-state index in [4.69, 9.17) is 10.5 Å². The van der Waals surface area contributed by atoms with E-state index in [1.54, 1.807) is 4.90 Å². The highest BCUT2D eigenvalue weighted by molar-refractivity contribution is 7.88. The summed E-state index contributed by atoms with van der Waals surface area (Å²) in [6.45, 7) is 1.03. The monoisotopic (exact) mass is 329 g/mol. The Morgan fingerprint density at radius 3 is 2.70 bits per heavy atom. The first-order valence-electron chi connectivity index (χ1n) is 6.35. The van der Waals surface area contributed by atoms with Gasteiger partial charge in [-0.25, -0.2) is 13.1 Å². The molecule has 1 amide bonds. The lowest BCUT2D eigenvalue weighted by molar-refractivity contribution is -0.137. The molecule has 7 nitrogen and oxygen atoms in total. The van der Waals surface area contributed by atoms with E-state index in [1.807, 2.05) is 0 Å². The molecule has 1 rings (SSSR count). The summed E-state index contributed by atoms with van der Waals surface area (Å²) in [6, 6.07) is -0.817. The average molecular weight is 330 g/mol. The van der Waals surface area contributed by atoms with Crippen LogP contribution in [0.3, 0.4) is 0 Å². The summed E-state index contributed by atoms with van der Waals surface area (Å²) in [5.74, 6) is -0.179. The van der Waals surface area contributed by atoms with Crippen molar-refractivity contribution in [1.29, 1.82) is 0 Å². The van der Waals surface area contributed by atoms with Crippen LogP contribution in [0.4, 0.5) is 0 Å². The third kappa shape index (κ3) is 6.36. The number of hydrogen-bond donors (Lipinski definition) is 2. The number of methoxy groups -OCH3 is 1. The number of likely N-dealkylation sites (tertiary alicyclic amines) is 1. The maximum atomic E-state index is 12.2. The highest BCUT2D eigenvalue weighted by atomic mass is 35.5. The molecule has 0 aromatic carbocycles. The summed E-state index contributed by atoms with van der Waals surface area (Å²) >= 11 is 0. The predicted molar refractivity (Wildman–Crippen MR) is 79.3 cm³/mol. The van der Waals surface area contributed by atoms with Gasteiger partial charge in [0.2, 0.25) is 15.9 Å². The number of carbonyl (C=O) groups excluding carboxylic acids is 1. The number of amides is 1. The molecule has 1 aliphatic heterocycles. The number of nitrogens with two attached hydrogens (primary N) is 1. The van der Waals surface area contributed by atoms with Gasteiger partial charge in [-0.15, -0.1) is 12.4 Å². The highest BCUT2D eigenvalue weighted by Gasteiger charge is 2.30. The van der Waals surface area contributed by atoms with Crippen molar-refractivity contribution in [1.82, 2.24) is 9.62 Å². The third-order valence-corrected chi connectivity index (χ3v) is 3.85. The van der Waals surface area contributed by atoms with E-state index in [1.165, 1.54) is 7.11 Å². The zero-order valence-corrected chi connectivity index (χ0v) is 13.5. The van der Waals surface area contributed by atoms with Gasteiger partial charge in [-0.1, -0.05) is 0 Å². The highest BCUT2D eigenvalue weighted by Crippen LogP contribution is 2.17. The lowest BCUT2D eigenvalue weighted by atomic mass is 10.0. The fourth-order valence-electron chi connectivity index (χ4n) is 2.21. The lowest BCUT2D eigenvalue weighted by Gasteiger charge is -2.37. The fraction of sp³-hybridized carbons (Fsp3) is 0.909. The molecule has 1 aliphatic rings. The second-order valence-electron chi connectivity index (χ2n) is 4.86. The third-order valence-electron chi connectivity index (χ3n) is 3.15. The Labute approximate surface area is 126 Å². The van der Waals surface area contributed by atoms with Crippen molar-refractivity contribution < 1.29 is 17.9 Å². The first kappa shape index (κ1) is 19.6. The molecule has 1 saturated heterocycles. The molecule has 0 saturated carbocycles. The Balaban J connectivity index is 0.00000361. The Morgan fingerprint density at radius 1 is 1.50 bits per heavy atom. The Kier molecular flexibility index (Phi) is 8.60. The van der Waals surface area contributed by atoms with Crippen LogP contribution in [0.1, 0.15) is 19.3 Å². The molecule has 0 spiro atoms. The van der Waals surface area contributed by atoms with Gasteiger partial charge in [0.25, 0.3) is 0 Å². The molecule has 0 aromatic heterocycles. The molecule has 2 atom stereocenters. The van der Waals surface area contributed by atoms with Crippen LogP contribution < -0.4 is 10.5 Å². The van der Waals surface area contributed by atoms with Gasteiger partial charge in [0.15, 0.2) is 0 Å². The number of hydrogen-bond acceptors (Lipinski definition) is 5. The van der Waals surface area contributed by atoms with E-state index in [2.05, 4.69) is 4.72 Å². The second-order valence-corrected chi connectivity index (χ2v) is 6.70. The number of halogens is 1. The number of rotatable bonds is 6. The van der Waals surface area contributed by atoms with Crippen LogP contribution in [0.25, 0.3) is 0 Å². The minimum Gasteiger partial charge on any atom is -0.383 e. The van der Waals surface area contributed by atoms with Gasteiger partial charge < -0.3 is 15.4 Å². The van der Waals surface area contributed by atoms with E-state index in [0.717, 1.165) is 25.5 Å². The molecule has 0 aromatic rings. The molecule has 0 radical (unpaired) electrons. The lowest BCUT2D eigenvalue weighted by Crippen LogP contribution is -2.55. The second kappa shape index (κ2) is 8.78. The Hall–Kier alpha value is -0.410. The van der Waals surface area contributed by atoms with Crippen LogP contribution in [0.2, 0.25) is 0 Å². The minimum atomic E-state index is -3.25. The van der Waals surface area contributed by atoms with Gasteiger partial charge in [-0.3, -0.25) is 4.79 Å². The first-order chi connectivity index (χ1) is 8.85. The SMILES string of the molecule is COCC(N)C(=O)N1CCCCC1CNS(C)(=O)=O.Cl. The van der Waals surface area contributed by atoms with Gasteiger partial charge in [0.05, 0.1) is 12.9 Å². The summed E-state index contributed by atoms with van der Waals surface area (Å²) in [4.78, 5) is 13.8. The summed E-state index contributed by atoms with van der Waals surface area (Å²) in [5, 5.41) is 0. The Morgan fingerprint density at radius 2 is 2.15 bits per heavy atom. The topological polar surface area (TPSA) is 102 Å². The summed E-state index contributed by atoms with van der Waals surface area (Å²) < 4.78 is 29.6. The van der Waals surface area contributed by atoms with E-state index < -0.39 is 16.1 Å². The van der Waals surface area contributed by atoms with Crippen LogP contribution in [-0.2, 0) is 19.6 Å². The molecular formula is C11H24ClN3O4S. The standard InChI is InChI=1S/C11H23N3O4S.ClH/c1-18-8-10(12)11(15)14-6-4-3-5-9(14)7-13-19(2,16)17;/h9-10,13H,3-8,12H2,1-2H3;1H. The van der Waals surface area contributed by atoms with Crippen LogP contribution >= 0.6 is 12.4 Å². The molecule has 20 heavy (non-hydrogen) atoms. The summed E-state index contributed by atoms with van der Waals surface area (Å²) in [6.07, 6.45) is 3.80. The van der Waals surface area contributed by atoms with Crippen molar-refractivity contribution in [3.63, 3.8) is 0 Å². The maximum Gasteiger partial charge on any atom is 0.242 e. The quantitative estimate of drug-likeness (QED) is 0.671. The van der Waals surface area contributed by atoms with E-state index in [-0.39, 0.29) is 37.5 Å². The molecule has 0 bridgehead atoms. The van der Waals surface area contributed by atoms with Gasteiger partial charge in [-0.2, -0.15) is 0 Å². The van der Waals surface area contributed by atoms with Crippen LogP contribution in [0.15, 0.2) is 0 Å². The minimum absolute atomic E-state index is 0. The summed E-state index contributed by atoms with van der Waals surface area (Å²) in [5.41, 5.74) is 5.75. The molecule has 9 heteroatoms. The maximum absolute atomic E-state index is 12.2. The normalized spacial score (nSPS) is 21.1. The van der Waals surface area contributed by atoms with Gasteiger partial charge in [-0.05, 0) is 19.3 Å². The van der Waals surface area contributed by atoms with Gasteiger partial charge >= 0.3 is 0 Å². The smallest absolute Gasteiger partial charge is 0.242 e. The molecule has 1 heterocycles. The fourth-order valence-corrected chi connectivity index (χ4v) is 2.71. The van der Waals surface area contributed by atoms with Crippen LogP contribution in [0, 0.1) is 0 Å². The van der Waals surface area contributed by atoms with E-state index >= 15 is 0 Å². The van der Waals surface area contributed by atoms with Crippen molar-refractivity contribution in [2.75, 3.05) is 33.1 Å². The average Bonchev–Trinajstić information content (AvgIpc) is 2.35. The number of nitrogens with zero attached hydrogens (tertiary/aromatic N) is 1. The van der Waals surface area contributed by atoms with E-state index in [9.17, 15) is 13.2 Å². The summed E-state index contributed by atoms with van der Waals surface area (Å²) in [7, 11) is -1.75. The molecule has 1 fully saturated rings. The molecular weight excluding hydrogens is 306 g/mol. The molecule has 0 aliphatic carbocycles.